The molecular weight excluding hydrogens is 612 g/mol. The number of nitrogens with one attached hydrogen (secondary N) is 1. The molecule has 2 bridgehead atoms. The molecule has 3 heterocycles. The van der Waals surface area contributed by atoms with Crippen molar-refractivity contribution in [2.45, 2.75) is 82.0 Å². The number of aliphatic hydroxyl groups is 1. The number of rotatable bonds is 12. The number of hydrogen-bond donors (Lipinski definition) is 5. The highest BCUT2D eigenvalue weighted by molar-refractivity contribution is 5.88. The minimum Gasteiger partial charge on any atom is -0.496 e. The number of hydrogen-bond acceptors (Lipinski definition) is 7. The Morgan fingerprint density at radius 3 is 1.81 bits per heavy atom. The van der Waals surface area contributed by atoms with Crippen LogP contribution in [0.5, 0.6) is 5.75 Å². The highest BCUT2D eigenvalue weighted by Gasteiger charge is 2.46. The Labute approximate surface area is 282 Å². The molecule has 3 aromatic rings. The molecule has 0 unspecified atom stereocenters. The van der Waals surface area contributed by atoms with Gasteiger partial charge in [-0.15, -0.1) is 0 Å². The number of piperidine rings is 3. The second-order valence-electron chi connectivity index (χ2n) is 13.8. The maximum absolute atomic E-state index is 10.3. The van der Waals surface area contributed by atoms with Crippen LogP contribution in [0.25, 0.3) is 0 Å². The van der Waals surface area contributed by atoms with Gasteiger partial charge in [-0.2, -0.15) is 0 Å². The molecular formula is C38H48N2O8. The number of benzene rings is 3. The number of fused-ring (bicyclic) bond motifs is 3. The number of carboxylic acid groups (broad SMARTS) is 3. The van der Waals surface area contributed by atoms with Crippen molar-refractivity contribution in [2.75, 3.05) is 20.2 Å². The minimum atomic E-state index is -2.74. The summed E-state index contributed by atoms with van der Waals surface area (Å²) in [5, 5.41) is 37.9. The number of ether oxygens (including phenoxy) is 1. The molecule has 48 heavy (non-hydrogen) atoms. The second kappa shape index (κ2) is 15.8. The third-order valence-electron chi connectivity index (χ3n) is 9.49. The molecule has 10 heteroatoms. The fourth-order valence-electron chi connectivity index (χ4n) is 7.02. The van der Waals surface area contributed by atoms with Crippen LogP contribution in [-0.4, -0.2) is 81.1 Å². The largest absolute Gasteiger partial charge is 0.496 e. The molecule has 258 valence electrons. The van der Waals surface area contributed by atoms with Gasteiger partial charge in [-0.25, -0.2) is 4.79 Å². The Bertz CT molecular complexity index is 1480. The van der Waals surface area contributed by atoms with Gasteiger partial charge in [0.15, 0.2) is 5.60 Å². The number of carbonyl (C=O) groups is 3. The first-order valence-electron chi connectivity index (χ1n) is 16.4. The van der Waals surface area contributed by atoms with Gasteiger partial charge in [-0.05, 0) is 60.0 Å². The lowest BCUT2D eigenvalue weighted by molar-refractivity contribution is -0.170. The van der Waals surface area contributed by atoms with E-state index < -0.39 is 36.4 Å². The van der Waals surface area contributed by atoms with E-state index >= 15 is 0 Å². The molecule has 0 aromatic heterocycles. The number of nitrogens with zero attached hydrogens (tertiary/aromatic N) is 1. The summed E-state index contributed by atoms with van der Waals surface area (Å²) in [4.78, 5) is 33.2. The van der Waals surface area contributed by atoms with Crippen molar-refractivity contribution >= 4 is 17.9 Å². The Morgan fingerprint density at radius 2 is 1.38 bits per heavy atom. The average Bonchev–Trinajstić information content (AvgIpc) is 3.04. The highest BCUT2D eigenvalue weighted by Crippen LogP contribution is 2.42. The van der Waals surface area contributed by atoms with Crippen LogP contribution in [0.2, 0.25) is 0 Å². The standard InChI is InChI=1S/C32H40N2O.C6H8O7/c1-32(2,3)27-15-16-28(35-4)26(21-27)22-33-30-25-17-19-34(20-18-25)31(30)29(23-11-7-5-8-12-23)24-13-9-6-10-14-24;7-3(8)1-6(13,5(11)12)2-4(9)10/h5-16,21,25,29-31,33H,17-20,22H2,1-4H3;13H,1-2H2,(H,7,8)(H,9,10)(H,11,12)/t30-,31+;/m1./s1. The second-order valence-corrected chi connectivity index (χ2v) is 13.8. The molecule has 3 saturated heterocycles. The van der Waals surface area contributed by atoms with E-state index in [-0.39, 0.29) is 5.41 Å². The molecule has 3 aliphatic heterocycles. The van der Waals surface area contributed by atoms with E-state index in [1.54, 1.807) is 7.11 Å². The fraction of sp³-hybridized carbons (Fsp3) is 0.447. The molecule has 3 fully saturated rings. The summed E-state index contributed by atoms with van der Waals surface area (Å²) in [6.07, 6.45) is 0.274. The quantitative estimate of drug-likeness (QED) is 0.177. The highest BCUT2D eigenvalue weighted by atomic mass is 16.5. The fourth-order valence-corrected chi connectivity index (χ4v) is 7.02. The number of methoxy groups -OCH3 is 1. The third-order valence-corrected chi connectivity index (χ3v) is 9.49. The van der Waals surface area contributed by atoms with Crippen LogP contribution in [-0.2, 0) is 26.3 Å². The molecule has 0 saturated carbocycles. The van der Waals surface area contributed by atoms with E-state index in [0.717, 1.165) is 12.3 Å². The maximum Gasteiger partial charge on any atom is 0.336 e. The van der Waals surface area contributed by atoms with Crippen molar-refractivity contribution in [3.05, 3.63) is 101 Å². The van der Waals surface area contributed by atoms with Crippen LogP contribution in [0.1, 0.15) is 74.6 Å². The summed E-state index contributed by atoms with van der Waals surface area (Å²) in [5.74, 6) is -2.99. The zero-order valence-corrected chi connectivity index (χ0v) is 28.1. The molecule has 0 amide bonds. The van der Waals surface area contributed by atoms with E-state index in [2.05, 4.69) is 110 Å². The molecule has 3 aliphatic rings. The van der Waals surface area contributed by atoms with Gasteiger partial charge in [0.25, 0.3) is 0 Å². The maximum atomic E-state index is 10.3. The van der Waals surface area contributed by atoms with Crippen LogP contribution in [0.3, 0.4) is 0 Å². The van der Waals surface area contributed by atoms with Crippen molar-refractivity contribution in [3.8, 4) is 5.75 Å². The van der Waals surface area contributed by atoms with Gasteiger partial charge in [0.2, 0.25) is 0 Å². The monoisotopic (exact) mass is 660 g/mol. The zero-order chi connectivity index (χ0) is 35.1. The molecule has 6 rings (SSSR count). The first kappa shape index (κ1) is 36.6. The van der Waals surface area contributed by atoms with Crippen molar-refractivity contribution in [3.63, 3.8) is 0 Å². The van der Waals surface area contributed by atoms with Gasteiger partial charge in [-0.1, -0.05) is 93.6 Å². The van der Waals surface area contributed by atoms with Crippen molar-refractivity contribution < 1.29 is 39.5 Å². The van der Waals surface area contributed by atoms with E-state index in [1.807, 2.05) is 0 Å². The van der Waals surface area contributed by atoms with Gasteiger partial charge in [0.1, 0.15) is 5.75 Å². The normalized spacial score (nSPS) is 20.5. The first-order chi connectivity index (χ1) is 22.7. The number of aliphatic carboxylic acids is 3. The predicted molar refractivity (Wildman–Crippen MR) is 182 cm³/mol. The predicted octanol–water partition coefficient (Wildman–Crippen LogP) is 5.13. The van der Waals surface area contributed by atoms with Crippen LogP contribution >= 0.6 is 0 Å². The van der Waals surface area contributed by atoms with Gasteiger partial charge in [0.05, 0.1) is 20.0 Å². The van der Waals surface area contributed by atoms with Crippen molar-refractivity contribution in [1.82, 2.24) is 10.2 Å². The number of carboxylic acids is 3. The van der Waals surface area contributed by atoms with E-state index in [1.165, 1.54) is 48.2 Å². The van der Waals surface area contributed by atoms with Gasteiger partial charge >= 0.3 is 17.9 Å². The lowest BCUT2D eigenvalue weighted by atomic mass is 9.70. The summed E-state index contributed by atoms with van der Waals surface area (Å²) in [7, 11) is 1.79. The first-order valence-corrected chi connectivity index (χ1v) is 16.4. The topological polar surface area (TPSA) is 157 Å². The Kier molecular flexibility index (Phi) is 12.0. The smallest absolute Gasteiger partial charge is 0.336 e. The minimum absolute atomic E-state index is 0.116. The third kappa shape index (κ3) is 9.00. The lowest BCUT2D eigenvalue weighted by Crippen LogP contribution is -2.64. The molecule has 3 aromatic carbocycles. The molecule has 10 nitrogen and oxygen atoms in total. The van der Waals surface area contributed by atoms with Crippen LogP contribution < -0.4 is 10.1 Å². The summed E-state index contributed by atoms with van der Waals surface area (Å²) in [6, 6.07) is 29.8. The SMILES string of the molecule is COc1ccc(C(C)(C)C)cc1CN[C@@H]1C2CCN(CC2)[C@H]1C(c1ccccc1)c1ccccc1.O=C(O)CC(O)(CC(=O)O)C(=O)O. The summed E-state index contributed by atoms with van der Waals surface area (Å²) < 4.78 is 5.78. The molecule has 2 atom stereocenters. The molecule has 0 radical (unpaired) electrons. The zero-order valence-electron chi connectivity index (χ0n) is 28.1. The van der Waals surface area contributed by atoms with E-state index in [0.29, 0.717) is 23.9 Å². The van der Waals surface area contributed by atoms with Gasteiger partial charge in [-0.3, -0.25) is 14.5 Å². The average molecular weight is 661 g/mol. The Morgan fingerprint density at radius 1 is 0.854 bits per heavy atom. The summed E-state index contributed by atoms with van der Waals surface area (Å²) in [6.45, 7) is 10.1. The molecule has 0 aliphatic carbocycles. The Hall–Kier alpha value is -4.25. The van der Waals surface area contributed by atoms with Gasteiger partial charge in [0, 0.05) is 30.1 Å². The molecule has 0 spiro atoms. The van der Waals surface area contributed by atoms with Crippen molar-refractivity contribution in [2.24, 2.45) is 5.92 Å². The van der Waals surface area contributed by atoms with E-state index in [4.69, 9.17) is 25.2 Å². The lowest BCUT2D eigenvalue weighted by Gasteiger charge is -2.54. The summed E-state index contributed by atoms with van der Waals surface area (Å²) >= 11 is 0. The molecule has 5 N–H and O–H groups in total. The summed E-state index contributed by atoms with van der Waals surface area (Å²) in [5.41, 5.74) is 2.81. The Balaban J connectivity index is 0.000000341. The van der Waals surface area contributed by atoms with Crippen molar-refractivity contribution in [1.29, 1.82) is 0 Å². The van der Waals surface area contributed by atoms with Crippen LogP contribution in [0.4, 0.5) is 0 Å². The van der Waals surface area contributed by atoms with Crippen LogP contribution in [0.15, 0.2) is 78.9 Å². The van der Waals surface area contributed by atoms with Crippen LogP contribution in [0, 0.1) is 5.92 Å². The van der Waals surface area contributed by atoms with Gasteiger partial charge < -0.3 is 30.5 Å². The van der Waals surface area contributed by atoms with E-state index in [9.17, 15) is 14.4 Å².